The molecule has 0 fully saturated rings. The second-order valence-corrected chi connectivity index (χ2v) is 3.88. The lowest BCUT2D eigenvalue weighted by Gasteiger charge is -2.09. The molecule has 0 saturated heterocycles. The van der Waals surface area contributed by atoms with E-state index in [1.807, 2.05) is 26.0 Å². The van der Waals surface area contributed by atoms with Gasteiger partial charge in [0.25, 0.3) is 5.56 Å². The molecule has 0 bridgehead atoms. The Morgan fingerprint density at radius 2 is 1.94 bits per heavy atom. The van der Waals surface area contributed by atoms with Gasteiger partial charge in [0.05, 0.1) is 12.0 Å². The van der Waals surface area contributed by atoms with E-state index in [1.165, 1.54) is 6.33 Å². The number of H-pyrrole nitrogens is 1. The summed E-state index contributed by atoms with van der Waals surface area (Å²) in [5.41, 5.74) is 2.30. The number of aromatic amines is 1. The van der Waals surface area contributed by atoms with Crippen molar-refractivity contribution in [3.8, 4) is 11.3 Å². The maximum absolute atomic E-state index is 11.7. The summed E-state index contributed by atoms with van der Waals surface area (Å²) >= 11 is 0. The summed E-state index contributed by atoms with van der Waals surface area (Å²) in [5, 5.41) is 0. The van der Waals surface area contributed by atoms with Crippen LogP contribution in [0.3, 0.4) is 0 Å². The van der Waals surface area contributed by atoms with Crippen LogP contribution in [0.25, 0.3) is 11.3 Å². The Hall–Kier alpha value is -1.97. The molecule has 16 heavy (non-hydrogen) atoms. The Bertz CT molecular complexity index is 531. The first-order valence-corrected chi connectivity index (χ1v) is 5.18. The molecule has 0 aliphatic heterocycles. The molecule has 82 valence electrons. The number of pyridine rings is 1. The molecular weight excluding hydrogens is 202 g/mol. The standard InChI is InChI=1S/C12H13N3O/c1-8(2)10-11(14-7-15-12(10)16)9-3-5-13-6-4-9/h3-8H,1-2H3,(H,14,15,16). The van der Waals surface area contributed by atoms with Crippen molar-refractivity contribution in [2.75, 3.05) is 0 Å². The highest BCUT2D eigenvalue weighted by Gasteiger charge is 2.13. The molecule has 0 amide bonds. The maximum atomic E-state index is 11.7. The molecule has 0 saturated carbocycles. The van der Waals surface area contributed by atoms with E-state index in [2.05, 4.69) is 15.0 Å². The quantitative estimate of drug-likeness (QED) is 0.833. The molecule has 1 N–H and O–H groups in total. The average molecular weight is 215 g/mol. The molecule has 2 aromatic rings. The summed E-state index contributed by atoms with van der Waals surface area (Å²) in [6.45, 7) is 3.97. The van der Waals surface area contributed by atoms with Crippen molar-refractivity contribution in [2.24, 2.45) is 0 Å². The largest absolute Gasteiger partial charge is 0.313 e. The predicted molar refractivity (Wildman–Crippen MR) is 62.2 cm³/mol. The van der Waals surface area contributed by atoms with E-state index in [1.54, 1.807) is 12.4 Å². The van der Waals surface area contributed by atoms with Gasteiger partial charge in [0, 0.05) is 23.5 Å². The Labute approximate surface area is 93.4 Å². The molecule has 2 heterocycles. The first kappa shape index (κ1) is 10.5. The molecule has 0 aliphatic rings. The molecule has 0 aromatic carbocycles. The molecule has 0 aliphatic carbocycles. The fourth-order valence-corrected chi connectivity index (χ4v) is 1.69. The molecule has 4 heteroatoms. The molecule has 0 atom stereocenters. The Morgan fingerprint density at radius 1 is 1.25 bits per heavy atom. The minimum absolute atomic E-state index is 0.0724. The van der Waals surface area contributed by atoms with Gasteiger partial charge in [-0.3, -0.25) is 9.78 Å². The third-order valence-electron chi connectivity index (χ3n) is 2.42. The zero-order valence-electron chi connectivity index (χ0n) is 9.27. The van der Waals surface area contributed by atoms with Crippen LogP contribution in [0.4, 0.5) is 0 Å². The molecule has 4 nitrogen and oxygen atoms in total. The number of rotatable bonds is 2. The first-order chi connectivity index (χ1) is 7.70. The highest BCUT2D eigenvalue weighted by molar-refractivity contribution is 5.62. The van der Waals surface area contributed by atoms with Crippen molar-refractivity contribution in [2.45, 2.75) is 19.8 Å². The summed E-state index contributed by atoms with van der Waals surface area (Å²) in [6.07, 6.45) is 4.83. The Balaban J connectivity index is 2.66. The number of nitrogens with one attached hydrogen (secondary N) is 1. The van der Waals surface area contributed by atoms with Gasteiger partial charge in [-0.25, -0.2) is 4.98 Å². The molecule has 0 radical (unpaired) electrons. The van der Waals surface area contributed by atoms with Gasteiger partial charge in [0.1, 0.15) is 0 Å². The van der Waals surface area contributed by atoms with Gasteiger partial charge in [-0.05, 0) is 18.1 Å². The molecular formula is C12H13N3O. The second-order valence-electron chi connectivity index (χ2n) is 3.88. The minimum Gasteiger partial charge on any atom is -0.313 e. The number of hydrogen-bond acceptors (Lipinski definition) is 3. The van der Waals surface area contributed by atoms with Crippen molar-refractivity contribution < 1.29 is 0 Å². The van der Waals surface area contributed by atoms with E-state index in [0.29, 0.717) is 5.56 Å². The van der Waals surface area contributed by atoms with Crippen LogP contribution in [-0.4, -0.2) is 15.0 Å². The Morgan fingerprint density at radius 3 is 2.56 bits per heavy atom. The number of nitrogens with zero attached hydrogens (tertiary/aromatic N) is 2. The summed E-state index contributed by atoms with van der Waals surface area (Å²) in [7, 11) is 0. The van der Waals surface area contributed by atoms with Crippen LogP contribution in [0.1, 0.15) is 25.3 Å². The van der Waals surface area contributed by atoms with Crippen molar-refractivity contribution in [3.05, 3.63) is 46.8 Å². The van der Waals surface area contributed by atoms with E-state index >= 15 is 0 Å². The first-order valence-electron chi connectivity index (χ1n) is 5.18. The van der Waals surface area contributed by atoms with Gasteiger partial charge < -0.3 is 4.98 Å². The summed E-state index contributed by atoms with van der Waals surface area (Å²) < 4.78 is 0. The van der Waals surface area contributed by atoms with Gasteiger partial charge in [0.15, 0.2) is 0 Å². The smallest absolute Gasteiger partial charge is 0.254 e. The molecule has 0 spiro atoms. The summed E-state index contributed by atoms with van der Waals surface area (Å²) in [6, 6.07) is 3.71. The summed E-state index contributed by atoms with van der Waals surface area (Å²) in [5.74, 6) is 0.139. The van der Waals surface area contributed by atoms with Crippen LogP contribution in [-0.2, 0) is 0 Å². The summed E-state index contributed by atoms with van der Waals surface area (Å²) in [4.78, 5) is 22.6. The lowest BCUT2D eigenvalue weighted by Crippen LogP contribution is -2.16. The SMILES string of the molecule is CC(C)c1c(-c2ccncc2)nc[nH]c1=O. The lowest BCUT2D eigenvalue weighted by atomic mass is 9.99. The van der Waals surface area contributed by atoms with Crippen LogP contribution in [0.2, 0.25) is 0 Å². The van der Waals surface area contributed by atoms with E-state index < -0.39 is 0 Å². The fraction of sp³-hybridized carbons (Fsp3) is 0.250. The molecule has 2 rings (SSSR count). The zero-order chi connectivity index (χ0) is 11.5. The number of hydrogen-bond donors (Lipinski definition) is 1. The topological polar surface area (TPSA) is 58.6 Å². The van der Waals surface area contributed by atoms with E-state index in [9.17, 15) is 4.79 Å². The second kappa shape index (κ2) is 4.26. The van der Waals surface area contributed by atoms with Crippen LogP contribution in [0.5, 0.6) is 0 Å². The van der Waals surface area contributed by atoms with Crippen LogP contribution >= 0.6 is 0 Å². The molecule has 0 unspecified atom stereocenters. The van der Waals surface area contributed by atoms with Crippen LogP contribution < -0.4 is 5.56 Å². The van der Waals surface area contributed by atoms with Gasteiger partial charge in [0.2, 0.25) is 0 Å². The van der Waals surface area contributed by atoms with Gasteiger partial charge in [-0.1, -0.05) is 13.8 Å². The minimum atomic E-state index is -0.0724. The third-order valence-corrected chi connectivity index (χ3v) is 2.42. The van der Waals surface area contributed by atoms with E-state index in [4.69, 9.17) is 0 Å². The Kier molecular flexibility index (Phi) is 2.81. The van der Waals surface area contributed by atoms with E-state index in [-0.39, 0.29) is 11.5 Å². The van der Waals surface area contributed by atoms with Gasteiger partial charge >= 0.3 is 0 Å². The van der Waals surface area contributed by atoms with Crippen molar-refractivity contribution in [1.29, 1.82) is 0 Å². The van der Waals surface area contributed by atoms with Crippen LogP contribution in [0.15, 0.2) is 35.6 Å². The average Bonchev–Trinajstić information content (AvgIpc) is 2.29. The highest BCUT2D eigenvalue weighted by atomic mass is 16.1. The monoisotopic (exact) mass is 215 g/mol. The van der Waals surface area contributed by atoms with Crippen molar-refractivity contribution in [1.82, 2.24) is 15.0 Å². The predicted octanol–water partition coefficient (Wildman–Crippen LogP) is 1.96. The van der Waals surface area contributed by atoms with E-state index in [0.717, 1.165) is 11.3 Å². The molecule has 2 aromatic heterocycles. The van der Waals surface area contributed by atoms with Crippen molar-refractivity contribution in [3.63, 3.8) is 0 Å². The lowest BCUT2D eigenvalue weighted by molar-refractivity contribution is 0.833. The van der Waals surface area contributed by atoms with Crippen molar-refractivity contribution >= 4 is 0 Å². The van der Waals surface area contributed by atoms with Gasteiger partial charge in [-0.2, -0.15) is 0 Å². The third kappa shape index (κ3) is 1.86. The zero-order valence-corrected chi connectivity index (χ0v) is 9.27. The normalized spacial score (nSPS) is 10.7. The number of aromatic nitrogens is 3. The highest BCUT2D eigenvalue weighted by Crippen LogP contribution is 2.22. The maximum Gasteiger partial charge on any atom is 0.254 e. The fourth-order valence-electron chi connectivity index (χ4n) is 1.69. The van der Waals surface area contributed by atoms with Gasteiger partial charge in [-0.15, -0.1) is 0 Å². The van der Waals surface area contributed by atoms with Crippen LogP contribution in [0, 0.1) is 0 Å².